The standard InChI is InChI=1S/C7H6O3/c8-6-3-1-5(2-4-6)7(9)10/h1-5H,(H,9,10)/p-1. The topological polar surface area (TPSA) is 57.2 Å². The van der Waals surface area contributed by atoms with Gasteiger partial charge in [0.25, 0.3) is 0 Å². The van der Waals surface area contributed by atoms with Crippen LogP contribution in [0.3, 0.4) is 0 Å². The third-order valence-corrected chi connectivity index (χ3v) is 1.21. The second-order valence-electron chi connectivity index (χ2n) is 1.97. The van der Waals surface area contributed by atoms with Crippen molar-refractivity contribution in [2.24, 2.45) is 5.92 Å². The van der Waals surface area contributed by atoms with Crippen LogP contribution in [0.4, 0.5) is 0 Å². The molecule has 0 saturated heterocycles. The number of carbonyl (C=O) groups is 2. The molecule has 0 N–H and O–H groups in total. The molecular weight excluding hydrogens is 132 g/mol. The highest BCUT2D eigenvalue weighted by atomic mass is 16.4. The van der Waals surface area contributed by atoms with Gasteiger partial charge in [-0.3, -0.25) is 4.79 Å². The van der Waals surface area contributed by atoms with Crippen LogP contribution < -0.4 is 5.11 Å². The summed E-state index contributed by atoms with van der Waals surface area (Å²) in [6.45, 7) is 0. The first-order chi connectivity index (χ1) is 4.70. The molecule has 1 rings (SSSR count). The smallest absolute Gasteiger partial charge is 0.178 e. The van der Waals surface area contributed by atoms with Gasteiger partial charge in [0.05, 0.1) is 5.97 Å². The minimum absolute atomic E-state index is 0.183. The van der Waals surface area contributed by atoms with Crippen LogP contribution in [0.15, 0.2) is 24.3 Å². The van der Waals surface area contributed by atoms with E-state index in [1.165, 1.54) is 24.3 Å². The SMILES string of the molecule is O=C1C=CC(C(=O)[O-])C=C1. The highest BCUT2D eigenvalue weighted by molar-refractivity contribution is 6.01. The summed E-state index contributed by atoms with van der Waals surface area (Å²) in [4.78, 5) is 20.6. The predicted molar refractivity (Wildman–Crippen MR) is 31.8 cm³/mol. The first kappa shape index (κ1) is 6.74. The summed E-state index contributed by atoms with van der Waals surface area (Å²) in [6, 6.07) is 0. The van der Waals surface area contributed by atoms with Gasteiger partial charge in [-0.2, -0.15) is 0 Å². The van der Waals surface area contributed by atoms with Gasteiger partial charge in [0.1, 0.15) is 0 Å². The molecule has 0 aromatic carbocycles. The summed E-state index contributed by atoms with van der Waals surface area (Å²) in [7, 11) is 0. The molecule has 0 saturated carbocycles. The van der Waals surface area contributed by atoms with Crippen molar-refractivity contribution >= 4 is 11.8 Å². The van der Waals surface area contributed by atoms with E-state index in [9.17, 15) is 14.7 Å². The van der Waals surface area contributed by atoms with Crippen LogP contribution in [-0.4, -0.2) is 11.8 Å². The Hall–Kier alpha value is -1.38. The molecular formula is C7H5O3-. The highest BCUT2D eigenvalue weighted by Gasteiger charge is 2.05. The molecule has 10 heavy (non-hydrogen) atoms. The number of carboxylic acids is 1. The molecule has 3 nitrogen and oxygen atoms in total. The predicted octanol–water partition coefficient (Wildman–Crippen LogP) is -0.952. The lowest BCUT2D eigenvalue weighted by molar-refractivity contribution is -0.308. The van der Waals surface area contributed by atoms with Crippen molar-refractivity contribution in [3.8, 4) is 0 Å². The summed E-state index contributed by atoms with van der Waals surface area (Å²) >= 11 is 0. The first-order valence-corrected chi connectivity index (χ1v) is 2.81. The molecule has 0 amide bonds. The van der Waals surface area contributed by atoms with Crippen LogP contribution in [0.1, 0.15) is 0 Å². The lowest BCUT2D eigenvalue weighted by atomic mass is 10.0. The van der Waals surface area contributed by atoms with Crippen LogP contribution in [0.25, 0.3) is 0 Å². The van der Waals surface area contributed by atoms with Crippen LogP contribution in [0.5, 0.6) is 0 Å². The van der Waals surface area contributed by atoms with E-state index in [2.05, 4.69) is 0 Å². The Morgan fingerprint density at radius 2 is 1.90 bits per heavy atom. The number of carbonyl (C=O) groups excluding carboxylic acids is 2. The van der Waals surface area contributed by atoms with Crippen molar-refractivity contribution in [3.63, 3.8) is 0 Å². The third kappa shape index (κ3) is 1.31. The molecule has 0 unspecified atom stereocenters. The summed E-state index contributed by atoms with van der Waals surface area (Å²) in [5.74, 6) is -2.10. The minimum atomic E-state index is -1.18. The van der Waals surface area contributed by atoms with Crippen LogP contribution in [0, 0.1) is 5.92 Å². The van der Waals surface area contributed by atoms with E-state index in [4.69, 9.17) is 0 Å². The Balaban J connectivity index is 2.71. The van der Waals surface area contributed by atoms with Gasteiger partial charge >= 0.3 is 0 Å². The summed E-state index contributed by atoms with van der Waals surface area (Å²) in [5.41, 5.74) is 0. The van der Waals surface area contributed by atoms with Gasteiger partial charge in [-0.1, -0.05) is 12.2 Å². The monoisotopic (exact) mass is 137 g/mol. The van der Waals surface area contributed by atoms with Crippen LogP contribution >= 0.6 is 0 Å². The normalized spacial score (nSPS) is 17.8. The highest BCUT2D eigenvalue weighted by Crippen LogP contribution is 2.05. The maximum absolute atomic E-state index is 10.4. The average molecular weight is 137 g/mol. The van der Waals surface area contributed by atoms with Crippen molar-refractivity contribution in [1.82, 2.24) is 0 Å². The van der Waals surface area contributed by atoms with Crippen molar-refractivity contribution in [1.29, 1.82) is 0 Å². The Kier molecular flexibility index (Phi) is 1.67. The van der Waals surface area contributed by atoms with E-state index in [0.717, 1.165) is 0 Å². The Labute approximate surface area is 57.7 Å². The number of hydrogen-bond acceptors (Lipinski definition) is 3. The fourth-order valence-corrected chi connectivity index (χ4v) is 0.674. The van der Waals surface area contributed by atoms with E-state index in [1.807, 2.05) is 0 Å². The lowest BCUT2D eigenvalue weighted by Crippen LogP contribution is -2.29. The van der Waals surface area contributed by atoms with Crippen molar-refractivity contribution < 1.29 is 14.7 Å². The van der Waals surface area contributed by atoms with Crippen LogP contribution in [-0.2, 0) is 9.59 Å². The van der Waals surface area contributed by atoms with Gasteiger partial charge in [-0.15, -0.1) is 0 Å². The van der Waals surface area contributed by atoms with Crippen molar-refractivity contribution in [2.45, 2.75) is 0 Å². The molecule has 52 valence electrons. The molecule has 0 atom stereocenters. The van der Waals surface area contributed by atoms with Gasteiger partial charge < -0.3 is 9.90 Å². The van der Waals surface area contributed by atoms with Gasteiger partial charge in [0.15, 0.2) is 5.78 Å². The molecule has 0 fully saturated rings. The molecule has 0 aliphatic heterocycles. The zero-order chi connectivity index (χ0) is 7.56. The third-order valence-electron chi connectivity index (χ3n) is 1.21. The number of allylic oxidation sites excluding steroid dienone is 2. The molecule has 0 radical (unpaired) electrons. The summed E-state index contributed by atoms with van der Waals surface area (Å²) < 4.78 is 0. The van der Waals surface area contributed by atoms with Crippen molar-refractivity contribution in [2.75, 3.05) is 0 Å². The number of ketones is 1. The quantitative estimate of drug-likeness (QED) is 0.468. The molecule has 0 aromatic rings. The Morgan fingerprint density at radius 1 is 1.40 bits per heavy atom. The fraction of sp³-hybridized carbons (Fsp3) is 0.143. The molecule has 0 heterocycles. The maximum atomic E-state index is 10.4. The van der Waals surface area contributed by atoms with E-state index in [1.54, 1.807) is 0 Å². The van der Waals surface area contributed by atoms with Crippen LogP contribution in [0.2, 0.25) is 0 Å². The average Bonchev–Trinajstić information content (AvgIpc) is 1.88. The molecule has 0 aromatic heterocycles. The minimum Gasteiger partial charge on any atom is -0.549 e. The summed E-state index contributed by atoms with van der Waals surface area (Å²) in [6.07, 6.45) is 5.05. The van der Waals surface area contributed by atoms with E-state index in [0.29, 0.717) is 0 Å². The van der Waals surface area contributed by atoms with Gasteiger partial charge in [-0.05, 0) is 12.2 Å². The zero-order valence-corrected chi connectivity index (χ0v) is 5.11. The van der Waals surface area contributed by atoms with Gasteiger partial charge in [0, 0.05) is 5.92 Å². The van der Waals surface area contributed by atoms with E-state index in [-0.39, 0.29) is 5.78 Å². The van der Waals surface area contributed by atoms with Crippen molar-refractivity contribution in [3.05, 3.63) is 24.3 Å². The second kappa shape index (κ2) is 2.47. The largest absolute Gasteiger partial charge is 0.549 e. The fourth-order valence-electron chi connectivity index (χ4n) is 0.674. The summed E-state index contributed by atoms with van der Waals surface area (Å²) in [5, 5.41) is 10.1. The lowest BCUT2D eigenvalue weighted by Gasteiger charge is -2.09. The maximum Gasteiger partial charge on any atom is 0.178 e. The van der Waals surface area contributed by atoms with Gasteiger partial charge in [0.2, 0.25) is 0 Å². The number of rotatable bonds is 1. The molecule has 3 heteroatoms. The molecule has 1 aliphatic carbocycles. The number of carboxylic acid groups (broad SMARTS) is 1. The number of aliphatic carboxylic acids is 1. The molecule has 1 aliphatic rings. The van der Waals surface area contributed by atoms with E-state index >= 15 is 0 Å². The molecule has 0 spiro atoms. The zero-order valence-electron chi connectivity index (χ0n) is 5.11. The Bertz CT molecular complexity index is 209. The van der Waals surface area contributed by atoms with E-state index < -0.39 is 11.9 Å². The molecule has 0 bridgehead atoms. The second-order valence-corrected chi connectivity index (χ2v) is 1.97. The number of hydrogen-bond donors (Lipinski definition) is 0. The van der Waals surface area contributed by atoms with Gasteiger partial charge in [-0.25, -0.2) is 0 Å². The first-order valence-electron chi connectivity index (χ1n) is 2.81. The Morgan fingerprint density at radius 3 is 2.30 bits per heavy atom.